The summed E-state index contributed by atoms with van der Waals surface area (Å²) in [5.74, 6) is 0.475. The molecule has 1 amide bonds. The molecule has 0 fully saturated rings. The van der Waals surface area contributed by atoms with Crippen LogP contribution in [0, 0.1) is 0 Å². The van der Waals surface area contributed by atoms with E-state index in [1.165, 1.54) is 6.33 Å². The summed E-state index contributed by atoms with van der Waals surface area (Å²) in [6.07, 6.45) is 7.00. The predicted octanol–water partition coefficient (Wildman–Crippen LogP) is 1.99. The first-order valence-corrected chi connectivity index (χ1v) is 5.95. The highest BCUT2D eigenvalue weighted by atomic mass is 16.1. The summed E-state index contributed by atoms with van der Waals surface area (Å²) < 4.78 is 0. The molecule has 2 heterocycles. The van der Waals surface area contributed by atoms with Crippen molar-refractivity contribution in [2.24, 2.45) is 0 Å². The van der Waals surface area contributed by atoms with Gasteiger partial charge in [0.1, 0.15) is 12.1 Å². The van der Waals surface area contributed by atoms with Crippen LogP contribution in [0.5, 0.6) is 0 Å². The Morgan fingerprint density at radius 2 is 2.05 bits per heavy atom. The highest BCUT2D eigenvalue weighted by molar-refractivity contribution is 5.90. The van der Waals surface area contributed by atoms with Crippen molar-refractivity contribution in [3.05, 3.63) is 37.1 Å². The molecule has 0 atom stereocenters. The topological polar surface area (TPSA) is 71.0 Å². The summed E-state index contributed by atoms with van der Waals surface area (Å²) in [5.41, 5.74) is 1.76. The number of rotatable bonds is 4. The minimum absolute atomic E-state index is 0.0599. The van der Waals surface area contributed by atoms with Crippen LogP contribution in [-0.2, 0) is 4.79 Å². The Bertz CT molecular complexity index is 558. The zero-order valence-corrected chi connectivity index (χ0v) is 10.9. The normalized spacial score (nSPS) is 10.0. The third kappa shape index (κ3) is 3.25. The number of amides is 1. The van der Waals surface area contributed by atoms with Gasteiger partial charge >= 0.3 is 0 Å². The van der Waals surface area contributed by atoms with Gasteiger partial charge in [-0.05, 0) is 6.07 Å². The average molecular weight is 257 g/mol. The van der Waals surface area contributed by atoms with E-state index < -0.39 is 0 Å². The molecule has 2 aromatic heterocycles. The first-order valence-electron chi connectivity index (χ1n) is 5.95. The standard InChI is InChI=1S/C13H15N5O/c1-3-13(19)17-12-6-10(4-5-16-12)18(2)11-7-14-9-15-8-11/h4-9H,3H2,1-2H3,(H,16,17,19). The molecule has 0 bridgehead atoms. The fraction of sp³-hybridized carbons (Fsp3) is 0.231. The zero-order chi connectivity index (χ0) is 13.7. The van der Waals surface area contributed by atoms with E-state index >= 15 is 0 Å². The molecule has 2 aromatic rings. The van der Waals surface area contributed by atoms with Gasteiger partial charge in [-0.25, -0.2) is 15.0 Å². The molecule has 0 aliphatic rings. The highest BCUT2D eigenvalue weighted by Gasteiger charge is 2.07. The van der Waals surface area contributed by atoms with E-state index in [4.69, 9.17) is 0 Å². The average Bonchev–Trinajstić information content (AvgIpc) is 2.47. The molecule has 0 saturated heterocycles. The van der Waals surface area contributed by atoms with Crippen LogP contribution in [0.1, 0.15) is 13.3 Å². The second-order valence-corrected chi connectivity index (χ2v) is 3.96. The highest BCUT2D eigenvalue weighted by Crippen LogP contribution is 2.23. The lowest BCUT2D eigenvalue weighted by atomic mass is 10.3. The van der Waals surface area contributed by atoms with Crippen molar-refractivity contribution in [3.8, 4) is 0 Å². The maximum Gasteiger partial charge on any atom is 0.225 e. The fourth-order valence-corrected chi connectivity index (χ4v) is 1.54. The van der Waals surface area contributed by atoms with Crippen molar-refractivity contribution in [2.75, 3.05) is 17.3 Å². The van der Waals surface area contributed by atoms with E-state index in [9.17, 15) is 4.79 Å². The Balaban J connectivity index is 2.21. The Hall–Kier alpha value is -2.50. The summed E-state index contributed by atoms with van der Waals surface area (Å²) in [4.78, 5) is 25.3. The largest absolute Gasteiger partial charge is 0.342 e. The van der Waals surface area contributed by atoms with Gasteiger partial charge in [-0.3, -0.25) is 4.79 Å². The number of hydrogen-bond acceptors (Lipinski definition) is 5. The van der Waals surface area contributed by atoms with E-state index in [0.29, 0.717) is 12.2 Å². The molecule has 1 N–H and O–H groups in total. The molecule has 0 spiro atoms. The van der Waals surface area contributed by atoms with Gasteiger partial charge in [-0.1, -0.05) is 6.92 Å². The first-order chi connectivity index (χ1) is 9.20. The molecular weight excluding hydrogens is 242 g/mol. The molecule has 0 saturated carbocycles. The lowest BCUT2D eigenvalue weighted by molar-refractivity contribution is -0.115. The zero-order valence-electron chi connectivity index (χ0n) is 10.9. The smallest absolute Gasteiger partial charge is 0.225 e. The minimum Gasteiger partial charge on any atom is -0.342 e. The quantitative estimate of drug-likeness (QED) is 0.906. The second kappa shape index (κ2) is 5.90. The maximum atomic E-state index is 11.3. The molecule has 0 aliphatic heterocycles. The van der Waals surface area contributed by atoms with Crippen molar-refractivity contribution < 1.29 is 4.79 Å². The molecule has 98 valence electrons. The lowest BCUT2D eigenvalue weighted by Gasteiger charge is -2.18. The van der Waals surface area contributed by atoms with Gasteiger partial charge in [-0.2, -0.15) is 0 Å². The SMILES string of the molecule is CCC(=O)Nc1cc(N(C)c2cncnc2)ccn1. The molecule has 0 aromatic carbocycles. The number of pyridine rings is 1. The van der Waals surface area contributed by atoms with Crippen LogP contribution >= 0.6 is 0 Å². The van der Waals surface area contributed by atoms with Crippen LogP contribution in [0.3, 0.4) is 0 Å². The molecule has 6 nitrogen and oxygen atoms in total. The molecule has 0 radical (unpaired) electrons. The number of carbonyl (C=O) groups excluding carboxylic acids is 1. The van der Waals surface area contributed by atoms with Crippen molar-refractivity contribution in [2.45, 2.75) is 13.3 Å². The number of aromatic nitrogens is 3. The summed E-state index contributed by atoms with van der Waals surface area (Å²) >= 11 is 0. The second-order valence-electron chi connectivity index (χ2n) is 3.96. The molecule has 6 heteroatoms. The van der Waals surface area contributed by atoms with Crippen LogP contribution in [0.2, 0.25) is 0 Å². The third-order valence-corrected chi connectivity index (χ3v) is 2.65. The number of nitrogens with zero attached hydrogens (tertiary/aromatic N) is 4. The van der Waals surface area contributed by atoms with E-state index in [1.807, 2.05) is 18.0 Å². The fourth-order valence-electron chi connectivity index (χ4n) is 1.54. The Kier molecular flexibility index (Phi) is 4.02. The van der Waals surface area contributed by atoms with Gasteiger partial charge < -0.3 is 10.2 Å². The van der Waals surface area contributed by atoms with Crippen molar-refractivity contribution >= 4 is 23.1 Å². The number of anilines is 3. The summed E-state index contributed by atoms with van der Waals surface area (Å²) in [6, 6.07) is 3.66. The van der Waals surface area contributed by atoms with E-state index in [2.05, 4.69) is 20.3 Å². The van der Waals surface area contributed by atoms with E-state index in [1.54, 1.807) is 31.6 Å². The predicted molar refractivity (Wildman–Crippen MR) is 73.3 cm³/mol. The number of carbonyl (C=O) groups is 1. The number of nitrogens with one attached hydrogen (secondary N) is 1. The maximum absolute atomic E-state index is 11.3. The monoisotopic (exact) mass is 257 g/mol. The Morgan fingerprint density at radius 3 is 2.74 bits per heavy atom. The van der Waals surface area contributed by atoms with E-state index in [0.717, 1.165) is 11.4 Å². The molecule has 19 heavy (non-hydrogen) atoms. The van der Waals surface area contributed by atoms with Gasteiger partial charge in [0.2, 0.25) is 5.91 Å². The third-order valence-electron chi connectivity index (χ3n) is 2.65. The van der Waals surface area contributed by atoms with Gasteiger partial charge in [0.25, 0.3) is 0 Å². The van der Waals surface area contributed by atoms with Crippen molar-refractivity contribution in [1.29, 1.82) is 0 Å². The van der Waals surface area contributed by atoms with Gasteiger partial charge in [0, 0.05) is 31.4 Å². The van der Waals surface area contributed by atoms with Crippen molar-refractivity contribution in [3.63, 3.8) is 0 Å². The van der Waals surface area contributed by atoms with Crippen LogP contribution in [0.25, 0.3) is 0 Å². The van der Waals surface area contributed by atoms with Crippen LogP contribution in [-0.4, -0.2) is 27.9 Å². The Labute approximate surface area is 111 Å². The van der Waals surface area contributed by atoms with Crippen LogP contribution in [0.4, 0.5) is 17.2 Å². The minimum atomic E-state index is -0.0599. The van der Waals surface area contributed by atoms with Crippen LogP contribution in [0.15, 0.2) is 37.1 Å². The molecule has 2 rings (SSSR count). The molecule has 0 unspecified atom stereocenters. The summed E-state index contributed by atoms with van der Waals surface area (Å²) in [5, 5.41) is 2.73. The van der Waals surface area contributed by atoms with Gasteiger partial charge in [0.05, 0.1) is 18.1 Å². The summed E-state index contributed by atoms with van der Waals surface area (Å²) in [6.45, 7) is 1.80. The number of hydrogen-bond donors (Lipinski definition) is 1. The molecule has 0 aliphatic carbocycles. The van der Waals surface area contributed by atoms with E-state index in [-0.39, 0.29) is 5.91 Å². The van der Waals surface area contributed by atoms with Crippen molar-refractivity contribution in [1.82, 2.24) is 15.0 Å². The lowest BCUT2D eigenvalue weighted by Crippen LogP contribution is -2.13. The summed E-state index contributed by atoms with van der Waals surface area (Å²) in [7, 11) is 1.90. The molecular formula is C13H15N5O. The van der Waals surface area contributed by atoms with Crippen LogP contribution < -0.4 is 10.2 Å². The Morgan fingerprint density at radius 1 is 1.32 bits per heavy atom. The van der Waals surface area contributed by atoms with Gasteiger partial charge in [-0.15, -0.1) is 0 Å². The van der Waals surface area contributed by atoms with Gasteiger partial charge in [0.15, 0.2) is 0 Å². The first kappa shape index (κ1) is 12.9.